The number of rotatable bonds is 4. The summed E-state index contributed by atoms with van der Waals surface area (Å²) in [6.45, 7) is 1.85. The smallest absolute Gasteiger partial charge is 0.223 e. The molecule has 142 valence electrons. The van der Waals surface area contributed by atoms with Gasteiger partial charge in [-0.15, -0.1) is 0 Å². The number of nitriles is 1. The highest BCUT2D eigenvalue weighted by atomic mass is 35.5. The number of hydrogen-bond donors (Lipinski definition) is 1. The minimum atomic E-state index is -0.465. The molecule has 0 aliphatic rings. The Bertz CT molecular complexity index is 1280. The minimum Gasteiger partial charge on any atom is -0.369 e. The van der Waals surface area contributed by atoms with Gasteiger partial charge >= 0.3 is 0 Å². The number of pyridine rings is 1. The lowest BCUT2D eigenvalue weighted by molar-refractivity contribution is -0.117. The molecule has 0 saturated heterocycles. The number of primary amides is 1. The van der Waals surface area contributed by atoms with Crippen molar-refractivity contribution in [3.05, 3.63) is 70.8 Å². The predicted molar refractivity (Wildman–Crippen MR) is 109 cm³/mol. The Balaban J connectivity index is 2.04. The number of carbonyl (C=O) groups excluding carboxylic acids is 1. The van der Waals surface area contributed by atoms with E-state index in [-0.39, 0.29) is 6.42 Å². The highest BCUT2D eigenvalue weighted by molar-refractivity contribution is 6.29. The maximum absolute atomic E-state index is 11.3. The molecule has 0 bridgehead atoms. The first-order chi connectivity index (χ1) is 13.9. The first-order valence-electron chi connectivity index (χ1n) is 8.76. The Morgan fingerprint density at radius 3 is 2.76 bits per heavy atom. The maximum Gasteiger partial charge on any atom is 0.223 e. The molecule has 3 heterocycles. The molecule has 4 aromatic rings. The van der Waals surface area contributed by atoms with E-state index in [2.05, 4.69) is 21.1 Å². The zero-order chi connectivity index (χ0) is 20.5. The number of aromatic nitrogens is 4. The monoisotopic (exact) mass is 402 g/mol. The Morgan fingerprint density at radius 2 is 2.03 bits per heavy atom. The van der Waals surface area contributed by atoms with Gasteiger partial charge in [0.05, 0.1) is 29.3 Å². The van der Waals surface area contributed by atoms with Crippen molar-refractivity contribution in [2.24, 2.45) is 5.73 Å². The van der Waals surface area contributed by atoms with Crippen LogP contribution in [-0.4, -0.2) is 25.5 Å². The van der Waals surface area contributed by atoms with E-state index in [1.807, 2.05) is 19.1 Å². The number of nitrogens with zero attached hydrogens (tertiary/aromatic N) is 5. The minimum absolute atomic E-state index is 0.0243. The quantitative estimate of drug-likeness (QED) is 0.526. The lowest BCUT2D eigenvalue weighted by atomic mass is 10.00. The van der Waals surface area contributed by atoms with Crippen molar-refractivity contribution in [3.63, 3.8) is 0 Å². The van der Waals surface area contributed by atoms with Crippen molar-refractivity contribution in [3.8, 4) is 28.5 Å². The van der Waals surface area contributed by atoms with Gasteiger partial charge in [0.25, 0.3) is 0 Å². The third-order valence-corrected chi connectivity index (χ3v) is 4.57. The molecule has 0 radical (unpaired) electrons. The van der Waals surface area contributed by atoms with Crippen molar-refractivity contribution < 1.29 is 4.79 Å². The second-order valence-corrected chi connectivity index (χ2v) is 6.95. The van der Waals surface area contributed by atoms with Crippen molar-refractivity contribution in [2.45, 2.75) is 13.3 Å². The summed E-state index contributed by atoms with van der Waals surface area (Å²) >= 11 is 6.20. The van der Waals surface area contributed by atoms with Crippen molar-refractivity contribution in [2.75, 3.05) is 0 Å². The van der Waals surface area contributed by atoms with E-state index in [1.165, 1.54) is 0 Å². The summed E-state index contributed by atoms with van der Waals surface area (Å²) in [4.78, 5) is 20.2. The van der Waals surface area contributed by atoms with Gasteiger partial charge in [0.1, 0.15) is 10.8 Å². The van der Waals surface area contributed by atoms with Gasteiger partial charge in [0.2, 0.25) is 5.91 Å². The SMILES string of the molecule is Cc1cc(-c2c(-c3cccc(C#N)c3)nn3ccc(CC(N)=O)nc23)cc(Cl)n1. The fourth-order valence-electron chi connectivity index (χ4n) is 3.22. The van der Waals surface area contributed by atoms with Crippen LogP contribution in [0.15, 0.2) is 48.7 Å². The van der Waals surface area contributed by atoms with Gasteiger partial charge in [-0.1, -0.05) is 23.7 Å². The van der Waals surface area contributed by atoms with Gasteiger partial charge in [0.15, 0.2) is 5.65 Å². The summed E-state index contributed by atoms with van der Waals surface area (Å²) in [5, 5.41) is 14.3. The number of carbonyl (C=O) groups is 1. The zero-order valence-electron chi connectivity index (χ0n) is 15.4. The van der Waals surface area contributed by atoms with Crippen LogP contribution in [0.25, 0.3) is 28.0 Å². The van der Waals surface area contributed by atoms with Crippen LogP contribution in [0, 0.1) is 18.3 Å². The lowest BCUT2D eigenvalue weighted by Gasteiger charge is -2.06. The van der Waals surface area contributed by atoms with Crippen LogP contribution in [0.4, 0.5) is 0 Å². The standard InChI is InChI=1S/C21H15ClN6O/c1-12-7-15(9-17(22)25-12)19-20(14-4-2-3-13(8-14)11-23)27-28-6-5-16(10-18(24)29)26-21(19)28/h2-9H,10H2,1H3,(H2,24,29). The second kappa shape index (κ2) is 7.34. The summed E-state index contributed by atoms with van der Waals surface area (Å²) in [6.07, 6.45) is 1.76. The normalized spacial score (nSPS) is 10.8. The molecule has 2 N–H and O–H groups in total. The molecular weight excluding hydrogens is 388 g/mol. The fourth-order valence-corrected chi connectivity index (χ4v) is 3.47. The maximum atomic E-state index is 11.3. The third-order valence-electron chi connectivity index (χ3n) is 4.37. The van der Waals surface area contributed by atoms with Crippen molar-refractivity contribution >= 4 is 23.2 Å². The van der Waals surface area contributed by atoms with Crippen LogP contribution in [0.2, 0.25) is 5.15 Å². The van der Waals surface area contributed by atoms with E-state index >= 15 is 0 Å². The number of halogens is 1. The van der Waals surface area contributed by atoms with Crippen molar-refractivity contribution in [1.29, 1.82) is 5.26 Å². The molecule has 0 atom stereocenters. The molecule has 0 aliphatic heterocycles. The molecule has 0 unspecified atom stereocenters. The number of fused-ring (bicyclic) bond motifs is 1. The van der Waals surface area contributed by atoms with Crippen LogP contribution >= 0.6 is 11.6 Å². The van der Waals surface area contributed by atoms with Crippen molar-refractivity contribution in [1.82, 2.24) is 19.6 Å². The van der Waals surface area contributed by atoms with Gasteiger partial charge in [-0.25, -0.2) is 14.5 Å². The average molecular weight is 403 g/mol. The molecule has 0 fully saturated rings. The van der Waals surface area contributed by atoms with E-state index in [9.17, 15) is 10.1 Å². The number of nitrogens with two attached hydrogens (primary N) is 1. The Morgan fingerprint density at radius 1 is 1.21 bits per heavy atom. The summed E-state index contributed by atoms with van der Waals surface area (Å²) in [5.41, 5.74) is 10.6. The molecule has 3 aromatic heterocycles. The summed E-state index contributed by atoms with van der Waals surface area (Å²) < 4.78 is 1.64. The Kier molecular flexibility index (Phi) is 4.71. The zero-order valence-corrected chi connectivity index (χ0v) is 16.2. The number of hydrogen-bond acceptors (Lipinski definition) is 5. The summed E-state index contributed by atoms with van der Waals surface area (Å²) in [7, 11) is 0. The second-order valence-electron chi connectivity index (χ2n) is 6.57. The number of benzene rings is 1. The van der Waals surface area contributed by atoms with E-state index in [4.69, 9.17) is 17.3 Å². The Labute approximate surface area is 171 Å². The molecule has 7 nitrogen and oxygen atoms in total. The molecule has 8 heteroatoms. The van der Waals surface area contributed by atoms with E-state index < -0.39 is 5.91 Å². The molecule has 4 rings (SSSR count). The molecule has 1 amide bonds. The topological polar surface area (TPSA) is 110 Å². The van der Waals surface area contributed by atoms with Gasteiger partial charge in [0, 0.05) is 17.5 Å². The predicted octanol–water partition coefficient (Wildman–Crippen LogP) is 3.32. The molecule has 0 saturated carbocycles. The van der Waals surface area contributed by atoms with E-state index in [0.29, 0.717) is 27.8 Å². The largest absolute Gasteiger partial charge is 0.369 e. The molecular formula is C21H15ClN6O. The van der Waals surface area contributed by atoms with Gasteiger partial charge in [-0.05, 0) is 42.8 Å². The van der Waals surface area contributed by atoms with Gasteiger partial charge < -0.3 is 5.73 Å². The third kappa shape index (κ3) is 3.66. The van der Waals surface area contributed by atoms with Crippen LogP contribution in [0.3, 0.4) is 0 Å². The molecule has 0 spiro atoms. The van der Waals surface area contributed by atoms with Gasteiger partial charge in [-0.3, -0.25) is 4.79 Å². The van der Waals surface area contributed by atoms with Crippen LogP contribution in [-0.2, 0) is 11.2 Å². The summed E-state index contributed by atoms with van der Waals surface area (Å²) in [5.74, 6) is -0.465. The lowest BCUT2D eigenvalue weighted by Crippen LogP contribution is -2.14. The molecule has 1 aromatic carbocycles. The van der Waals surface area contributed by atoms with Crippen LogP contribution < -0.4 is 5.73 Å². The fraction of sp³-hybridized carbons (Fsp3) is 0.0952. The van der Waals surface area contributed by atoms with Crippen LogP contribution in [0.5, 0.6) is 0 Å². The highest BCUT2D eigenvalue weighted by Gasteiger charge is 2.19. The number of amides is 1. The van der Waals surface area contributed by atoms with E-state index in [1.54, 1.807) is 41.0 Å². The van der Waals surface area contributed by atoms with Gasteiger partial charge in [-0.2, -0.15) is 10.4 Å². The average Bonchev–Trinajstić information content (AvgIpc) is 3.05. The highest BCUT2D eigenvalue weighted by Crippen LogP contribution is 2.35. The molecule has 29 heavy (non-hydrogen) atoms. The Hall–Kier alpha value is -3.76. The van der Waals surface area contributed by atoms with Crippen LogP contribution in [0.1, 0.15) is 17.0 Å². The van der Waals surface area contributed by atoms with E-state index in [0.717, 1.165) is 22.4 Å². The number of aryl methyl sites for hydroxylation is 1. The molecule has 0 aliphatic carbocycles. The summed E-state index contributed by atoms with van der Waals surface area (Å²) in [6, 6.07) is 14.7. The first kappa shape index (κ1) is 18.6. The first-order valence-corrected chi connectivity index (χ1v) is 9.14.